The lowest BCUT2D eigenvalue weighted by atomic mass is 10.2. The highest BCUT2D eigenvalue weighted by Crippen LogP contribution is 2.29. The van der Waals surface area contributed by atoms with Crippen LogP contribution in [0.1, 0.15) is 19.4 Å². The van der Waals surface area contributed by atoms with Crippen molar-refractivity contribution in [3.8, 4) is 11.5 Å². The maximum Gasteiger partial charge on any atom is 0.323 e. The molecule has 1 aromatic heterocycles. The number of benzene rings is 2. The minimum atomic E-state index is -0.199. The van der Waals surface area contributed by atoms with E-state index in [0.29, 0.717) is 19.8 Å². The first-order chi connectivity index (χ1) is 11.7. The van der Waals surface area contributed by atoms with Gasteiger partial charge in [-0.1, -0.05) is 6.07 Å². The quantitative estimate of drug-likeness (QED) is 0.622. The number of anilines is 1. The van der Waals surface area contributed by atoms with E-state index in [0.717, 1.165) is 33.8 Å². The van der Waals surface area contributed by atoms with Crippen LogP contribution in [0.3, 0.4) is 0 Å². The largest absolute Gasteiger partial charge is 0.490 e. The lowest BCUT2D eigenvalue weighted by molar-refractivity contribution is 0.287. The second-order valence-corrected chi connectivity index (χ2v) is 5.34. The summed E-state index contributed by atoms with van der Waals surface area (Å²) >= 11 is 0. The molecule has 0 radical (unpaired) electrons. The normalized spacial score (nSPS) is 10.8. The average Bonchev–Trinajstić information content (AvgIpc) is 2.94. The molecule has 0 saturated heterocycles. The zero-order valence-corrected chi connectivity index (χ0v) is 13.8. The van der Waals surface area contributed by atoms with E-state index in [4.69, 9.17) is 9.47 Å². The van der Waals surface area contributed by atoms with E-state index in [9.17, 15) is 4.79 Å². The summed E-state index contributed by atoms with van der Waals surface area (Å²) in [5, 5.41) is 3.35. The maximum absolute atomic E-state index is 11.3. The highest BCUT2D eigenvalue weighted by atomic mass is 16.5. The molecule has 0 aliphatic heterocycles. The Balaban J connectivity index is 1.74. The van der Waals surface area contributed by atoms with Crippen LogP contribution in [-0.2, 0) is 6.54 Å². The van der Waals surface area contributed by atoms with Gasteiger partial charge in [0.25, 0.3) is 0 Å². The van der Waals surface area contributed by atoms with Crippen molar-refractivity contribution in [3.05, 3.63) is 52.4 Å². The monoisotopic (exact) mass is 327 g/mol. The zero-order valence-electron chi connectivity index (χ0n) is 13.8. The summed E-state index contributed by atoms with van der Waals surface area (Å²) in [4.78, 5) is 16.8. The third-order valence-electron chi connectivity index (χ3n) is 3.62. The van der Waals surface area contributed by atoms with Gasteiger partial charge in [0.05, 0.1) is 24.2 Å². The summed E-state index contributed by atoms with van der Waals surface area (Å²) in [6, 6.07) is 11.6. The number of fused-ring (bicyclic) bond motifs is 1. The molecule has 0 aliphatic carbocycles. The van der Waals surface area contributed by atoms with Crippen LogP contribution < -0.4 is 20.5 Å². The van der Waals surface area contributed by atoms with Crippen molar-refractivity contribution in [2.24, 2.45) is 0 Å². The molecular formula is C18H21N3O3. The standard InChI is InChI=1S/C18H21N3O3/c1-3-23-16-8-5-12(9-17(16)24-4-2)11-19-13-6-7-14-15(10-13)21-18(22)20-14/h5-10,19H,3-4,11H2,1-2H3,(H2,20,21,22). The number of hydrogen-bond donors (Lipinski definition) is 3. The van der Waals surface area contributed by atoms with Gasteiger partial charge >= 0.3 is 5.69 Å². The van der Waals surface area contributed by atoms with Crippen molar-refractivity contribution >= 4 is 16.7 Å². The number of aromatic amines is 2. The van der Waals surface area contributed by atoms with Crippen molar-refractivity contribution in [2.75, 3.05) is 18.5 Å². The SMILES string of the molecule is CCOc1ccc(CNc2ccc3[nH]c(=O)[nH]c3c2)cc1OCC. The summed E-state index contributed by atoms with van der Waals surface area (Å²) in [7, 11) is 0. The predicted molar refractivity (Wildman–Crippen MR) is 95.0 cm³/mol. The Morgan fingerprint density at radius 2 is 1.67 bits per heavy atom. The Morgan fingerprint density at radius 3 is 2.46 bits per heavy atom. The summed E-state index contributed by atoms with van der Waals surface area (Å²) in [6.07, 6.45) is 0. The fourth-order valence-corrected chi connectivity index (χ4v) is 2.55. The number of imidazole rings is 1. The molecular weight excluding hydrogens is 306 g/mol. The molecule has 0 atom stereocenters. The van der Waals surface area contributed by atoms with E-state index in [1.807, 2.05) is 50.2 Å². The van der Waals surface area contributed by atoms with Crippen LogP contribution in [0.5, 0.6) is 11.5 Å². The average molecular weight is 327 g/mol. The van der Waals surface area contributed by atoms with Crippen LogP contribution in [-0.4, -0.2) is 23.2 Å². The zero-order chi connectivity index (χ0) is 16.9. The second-order valence-electron chi connectivity index (χ2n) is 5.34. The molecule has 0 spiro atoms. The lowest BCUT2D eigenvalue weighted by Crippen LogP contribution is -2.02. The molecule has 0 bridgehead atoms. The molecule has 0 fully saturated rings. The molecule has 0 unspecified atom stereocenters. The van der Waals surface area contributed by atoms with Gasteiger partial charge in [-0.25, -0.2) is 4.79 Å². The second kappa shape index (κ2) is 7.12. The topological polar surface area (TPSA) is 79.1 Å². The molecule has 6 heteroatoms. The van der Waals surface area contributed by atoms with Gasteiger partial charge in [0, 0.05) is 12.2 Å². The third-order valence-corrected chi connectivity index (χ3v) is 3.62. The molecule has 6 nitrogen and oxygen atoms in total. The van der Waals surface area contributed by atoms with Crippen LogP contribution in [0.4, 0.5) is 5.69 Å². The molecule has 3 aromatic rings. The minimum absolute atomic E-state index is 0.199. The van der Waals surface area contributed by atoms with Gasteiger partial charge in [0.1, 0.15) is 0 Å². The van der Waals surface area contributed by atoms with Gasteiger partial charge in [-0.15, -0.1) is 0 Å². The molecule has 126 valence electrons. The first-order valence-corrected chi connectivity index (χ1v) is 8.04. The Hall–Kier alpha value is -2.89. The third kappa shape index (κ3) is 3.53. The molecule has 0 amide bonds. The Kier molecular flexibility index (Phi) is 4.74. The minimum Gasteiger partial charge on any atom is -0.490 e. The summed E-state index contributed by atoms with van der Waals surface area (Å²) in [5.41, 5.74) is 3.40. The number of aromatic nitrogens is 2. The molecule has 24 heavy (non-hydrogen) atoms. The van der Waals surface area contributed by atoms with E-state index in [-0.39, 0.29) is 5.69 Å². The summed E-state index contributed by atoms with van der Waals surface area (Å²) in [5.74, 6) is 1.51. The fraction of sp³-hybridized carbons (Fsp3) is 0.278. The lowest BCUT2D eigenvalue weighted by Gasteiger charge is -2.13. The van der Waals surface area contributed by atoms with E-state index in [2.05, 4.69) is 15.3 Å². The first-order valence-electron chi connectivity index (χ1n) is 8.04. The van der Waals surface area contributed by atoms with Gasteiger partial charge < -0.3 is 24.8 Å². The Bertz CT molecular complexity index is 883. The summed E-state index contributed by atoms with van der Waals surface area (Å²) in [6.45, 7) is 5.74. The van der Waals surface area contributed by atoms with Crippen molar-refractivity contribution in [2.45, 2.75) is 20.4 Å². The van der Waals surface area contributed by atoms with Gasteiger partial charge in [0.2, 0.25) is 0 Å². The van der Waals surface area contributed by atoms with E-state index in [1.54, 1.807) is 0 Å². The highest BCUT2D eigenvalue weighted by Gasteiger charge is 2.06. The smallest absolute Gasteiger partial charge is 0.323 e. The van der Waals surface area contributed by atoms with E-state index in [1.165, 1.54) is 0 Å². The van der Waals surface area contributed by atoms with Gasteiger partial charge in [-0.2, -0.15) is 0 Å². The first kappa shape index (κ1) is 16.0. The van der Waals surface area contributed by atoms with Gasteiger partial charge in [0.15, 0.2) is 11.5 Å². The summed E-state index contributed by atoms with van der Waals surface area (Å²) < 4.78 is 11.2. The molecule has 3 rings (SSSR count). The predicted octanol–water partition coefficient (Wildman–Crippen LogP) is 3.27. The Labute approximate surface area is 139 Å². The number of rotatable bonds is 7. The van der Waals surface area contributed by atoms with Crippen LogP contribution in [0, 0.1) is 0 Å². The fourth-order valence-electron chi connectivity index (χ4n) is 2.55. The Morgan fingerprint density at radius 1 is 0.917 bits per heavy atom. The van der Waals surface area contributed by atoms with Crippen molar-refractivity contribution < 1.29 is 9.47 Å². The molecule has 0 saturated carbocycles. The van der Waals surface area contributed by atoms with E-state index >= 15 is 0 Å². The highest BCUT2D eigenvalue weighted by molar-refractivity contribution is 5.78. The number of nitrogens with one attached hydrogen (secondary N) is 3. The number of ether oxygens (including phenoxy) is 2. The number of H-pyrrole nitrogens is 2. The molecule has 1 heterocycles. The van der Waals surface area contributed by atoms with Gasteiger partial charge in [-0.05, 0) is 49.7 Å². The van der Waals surface area contributed by atoms with Crippen molar-refractivity contribution in [1.82, 2.24) is 9.97 Å². The maximum atomic E-state index is 11.3. The molecule has 2 aromatic carbocycles. The molecule has 0 aliphatic rings. The van der Waals surface area contributed by atoms with Gasteiger partial charge in [-0.3, -0.25) is 0 Å². The molecule has 3 N–H and O–H groups in total. The van der Waals surface area contributed by atoms with Crippen LogP contribution >= 0.6 is 0 Å². The number of hydrogen-bond acceptors (Lipinski definition) is 4. The van der Waals surface area contributed by atoms with Crippen molar-refractivity contribution in [1.29, 1.82) is 0 Å². The van der Waals surface area contributed by atoms with Crippen molar-refractivity contribution in [3.63, 3.8) is 0 Å². The van der Waals surface area contributed by atoms with E-state index < -0.39 is 0 Å². The van der Waals surface area contributed by atoms with Crippen LogP contribution in [0.2, 0.25) is 0 Å². The van der Waals surface area contributed by atoms with Crippen LogP contribution in [0.25, 0.3) is 11.0 Å². The van der Waals surface area contributed by atoms with Crippen LogP contribution in [0.15, 0.2) is 41.2 Å².